The summed E-state index contributed by atoms with van der Waals surface area (Å²) in [6, 6.07) is -0.895. The van der Waals surface area contributed by atoms with Crippen molar-refractivity contribution in [1.29, 1.82) is 0 Å². The molecule has 2 aliphatic rings. The Kier molecular flexibility index (Phi) is 2.59. The van der Waals surface area contributed by atoms with E-state index >= 15 is 0 Å². The fourth-order valence-corrected chi connectivity index (χ4v) is 3.04. The van der Waals surface area contributed by atoms with E-state index in [1.165, 1.54) is 0 Å². The van der Waals surface area contributed by atoms with E-state index in [2.05, 4.69) is 0 Å². The Bertz CT molecular complexity index is 368. The van der Waals surface area contributed by atoms with Crippen LogP contribution in [0.15, 0.2) is 0 Å². The Morgan fingerprint density at radius 3 is 2.47 bits per heavy atom. The summed E-state index contributed by atoms with van der Waals surface area (Å²) in [4.78, 5) is 22.0. The molecular weight excluding hydrogens is 239 g/mol. The van der Waals surface area contributed by atoms with E-state index in [0.29, 0.717) is 25.7 Å². The van der Waals surface area contributed by atoms with Crippen LogP contribution in [0.4, 0.5) is 13.2 Å². The maximum absolute atomic E-state index is 12.1. The maximum Gasteiger partial charge on any atom is 0.471 e. The first-order valence-corrected chi connectivity index (χ1v) is 5.37. The second-order valence-electron chi connectivity index (χ2n) is 4.83. The van der Waals surface area contributed by atoms with Crippen LogP contribution in [0.3, 0.4) is 0 Å². The lowest BCUT2D eigenvalue weighted by atomic mass is 9.80. The molecule has 0 unspecified atom stereocenters. The second-order valence-corrected chi connectivity index (χ2v) is 4.83. The Morgan fingerprint density at radius 1 is 1.35 bits per heavy atom. The number of aliphatic carboxylic acids is 1. The molecule has 7 heteroatoms. The molecule has 2 bridgehead atoms. The Hall–Kier alpha value is -1.27. The van der Waals surface area contributed by atoms with Crippen LogP contribution >= 0.6 is 0 Å². The zero-order valence-electron chi connectivity index (χ0n) is 8.88. The third kappa shape index (κ3) is 1.87. The second kappa shape index (κ2) is 3.61. The number of carbonyl (C=O) groups excluding carboxylic acids is 1. The number of carboxylic acids is 1. The van der Waals surface area contributed by atoms with Crippen molar-refractivity contribution in [3.63, 3.8) is 0 Å². The number of rotatable bonds is 2. The van der Waals surface area contributed by atoms with E-state index in [1.807, 2.05) is 5.32 Å². The zero-order valence-corrected chi connectivity index (χ0v) is 8.88. The lowest BCUT2D eigenvalue weighted by molar-refractivity contribution is -0.176. The molecule has 0 heterocycles. The molecular formula is C10H12F3NO3. The number of nitrogens with one attached hydrogen (secondary N) is 1. The van der Waals surface area contributed by atoms with E-state index in [1.54, 1.807) is 0 Å². The molecule has 2 fully saturated rings. The summed E-state index contributed by atoms with van der Waals surface area (Å²) < 4.78 is 36.3. The molecule has 0 aromatic rings. The molecule has 0 spiro atoms. The van der Waals surface area contributed by atoms with Crippen LogP contribution < -0.4 is 5.32 Å². The van der Waals surface area contributed by atoms with E-state index in [-0.39, 0.29) is 5.92 Å². The normalized spacial score (nSPS) is 35.9. The van der Waals surface area contributed by atoms with Crippen molar-refractivity contribution in [2.24, 2.45) is 11.3 Å². The van der Waals surface area contributed by atoms with Crippen LogP contribution in [-0.2, 0) is 9.59 Å². The first kappa shape index (κ1) is 12.2. The van der Waals surface area contributed by atoms with E-state index in [0.717, 1.165) is 0 Å². The summed E-state index contributed by atoms with van der Waals surface area (Å²) in [5.74, 6) is -3.04. The van der Waals surface area contributed by atoms with Gasteiger partial charge in [-0.15, -0.1) is 0 Å². The van der Waals surface area contributed by atoms with Gasteiger partial charge in [-0.2, -0.15) is 13.2 Å². The van der Waals surface area contributed by atoms with E-state index < -0.39 is 29.5 Å². The zero-order chi connectivity index (χ0) is 12.8. The summed E-state index contributed by atoms with van der Waals surface area (Å²) >= 11 is 0. The van der Waals surface area contributed by atoms with Gasteiger partial charge in [-0.05, 0) is 31.6 Å². The van der Waals surface area contributed by atoms with Crippen LogP contribution in [0.1, 0.15) is 25.7 Å². The van der Waals surface area contributed by atoms with Crippen LogP contribution in [-0.4, -0.2) is 29.2 Å². The molecule has 2 N–H and O–H groups in total. The van der Waals surface area contributed by atoms with Gasteiger partial charge >= 0.3 is 18.1 Å². The van der Waals surface area contributed by atoms with Gasteiger partial charge in [0.1, 0.15) is 0 Å². The van der Waals surface area contributed by atoms with Crippen molar-refractivity contribution >= 4 is 11.9 Å². The van der Waals surface area contributed by atoms with Gasteiger partial charge in [-0.1, -0.05) is 0 Å². The van der Waals surface area contributed by atoms with Gasteiger partial charge in [0.2, 0.25) is 0 Å². The van der Waals surface area contributed by atoms with Crippen molar-refractivity contribution in [1.82, 2.24) is 5.32 Å². The van der Waals surface area contributed by atoms with Crippen molar-refractivity contribution in [2.45, 2.75) is 37.9 Å². The fraction of sp³-hybridized carbons (Fsp3) is 0.800. The highest BCUT2D eigenvalue weighted by Crippen LogP contribution is 2.54. The number of carboxylic acid groups (broad SMARTS) is 1. The van der Waals surface area contributed by atoms with Crippen molar-refractivity contribution in [2.75, 3.05) is 0 Å². The minimum atomic E-state index is -4.96. The summed E-state index contributed by atoms with van der Waals surface area (Å²) in [7, 11) is 0. The number of fused-ring (bicyclic) bond motifs is 2. The van der Waals surface area contributed by atoms with Gasteiger partial charge in [0.05, 0.1) is 5.41 Å². The molecule has 0 aliphatic heterocycles. The van der Waals surface area contributed by atoms with Crippen LogP contribution in [0.25, 0.3) is 0 Å². The molecule has 2 rings (SSSR count). The molecule has 1 amide bonds. The molecule has 2 aliphatic carbocycles. The highest BCUT2D eigenvalue weighted by molar-refractivity contribution is 5.84. The Labute approximate surface area is 95.2 Å². The SMILES string of the molecule is O=C(N[C@H]1C[C@H]2CC[C@]1(C(=O)O)C2)C(F)(F)F. The van der Waals surface area contributed by atoms with Gasteiger partial charge in [0, 0.05) is 6.04 Å². The average molecular weight is 251 g/mol. The minimum absolute atomic E-state index is 0.115. The van der Waals surface area contributed by atoms with Crippen molar-refractivity contribution < 1.29 is 27.9 Å². The van der Waals surface area contributed by atoms with E-state index in [4.69, 9.17) is 5.11 Å². The smallest absolute Gasteiger partial charge is 0.471 e. The van der Waals surface area contributed by atoms with Crippen LogP contribution in [0.2, 0.25) is 0 Å². The van der Waals surface area contributed by atoms with Gasteiger partial charge < -0.3 is 10.4 Å². The van der Waals surface area contributed by atoms with Gasteiger partial charge in [-0.3, -0.25) is 9.59 Å². The Balaban J connectivity index is 2.13. The molecule has 96 valence electrons. The molecule has 4 nitrogen and oxygen atoms in total. The predicted octanol–water partition coefficient (Wildman–Crippen LogP) is 1.31. The number of hydrogen-bond donors (Lipinski definition) is 2. The lowest BCUT2D eigenvalue weighted by Crippen LogP contribution is -2.52. The molecule has 0 aromatic heterocycles. The monoisotopic (exact) mass is 251 g/mol. The maximum atomic E-state index is 12.1. The predicted molar refractivity (Wildman–Crippen MR) is 50.0 cm³/mol. The van der Waals surface area contributed by atoms with Crippen molar-refractivity contribution in [3.05, 3.63) is 0 Å². The van der Waals surface area contributed by atoms with Crippen molar-refractivity contribution in [3.8, 4) is 0 Å². The number of halogens is 3. The van der Waals surface area contributed by atoms with Crippen LogP contribution in [0.5, 0.6) is 0 Å². The first-order chi connectivity index (χ1) is 7.75. The van der Waals surface area contributed by atoms with Gasteiger partial charge in [0.25, 0.3) is 0 Å². The highest BCUT2D eigenvalue weighted by Gasteiger charge is 2.58. The van der Waals surface area contributed by atoms with Gasteiger partial charge in [-0.25, -0.2) is 0 Å². The molecule has 17 heavy (non-hydrogen) atoms. The number of alkyl halides is 3. The molecule has 0 saturated heterocycles. The molecule has 3 atom stereocenters. The summed E-state index contributed by atoms with van der Waals surface area (Å²) in [5.41, 5.74) is -1.19. The van der Waals surface area contributed by atoms with Gasteiger partial charge in [0.15, 0.2) is 0 Å². The summed E-state index contributed by atoms with van der Waals surface area (Å²) in [6.45, 7) is 0. The molecule has 2 saturated carbocycles. The average Bonchev–Trinajstić information content (AvgIpc) is 2.74. The third-order valence-electron chi connectivity index (χ3n) is 3.88. The largest absolute Gasteiger partial charge is 0.481 e. The fourth-order valence-electron chi connectivity index (χ4n) is 3.04. The first-order valence-electron chi connectivity index (χ1n) is 5.37. The lowest BCUT2D eigenvalue weighted by Gasteiger charge is -2.31. The number of hydrogen-bond acceptors (Lipinski definition) is 2. The summed E-state index contributed by atoms with van der Waals surface area (Å²) in [6.07, 6.45) is -3.21. The quantitative estimate of drug-likeness (QED) is 0.777. The standard InChI is InChI=1S/C10H12F3NO3/c11-10(12,13)7(15)14-6-3-5-1-2-9(6,4-5)8(16)17/h5-6H,1-4H2,(H,14,15)(H,16,17)/t5-,6+,9+/m1/s1. The van der Waals surface area contributed by atoms with E-state index in [9.17, 15) is 22.8 Å². The third-order valence-corrected chi connectivity index (χ3v) is 3.88. The number of amides is 1. The minimum Gasteiger partial charge on any atom is -0.481 e. The molecule has 0 aromatic carbocycles. The molecule has 0 radical (unpaired) electrons. The number of carbonyl (C=O) groups is 2. The Morgan fingerprint density at radius 2 is 2.00 bits per heavy atom. The summed E-state index contributed by atoms with van der Waals surface area (Å²) in [5, 5.41) is 11.0. The highest BCUT2D eigenvalue weighted by atomic mass is 19.4. The van der Waals surface area contributed by atoms with Crippen LogP contribution in [0, 0.1) is 11.3 Å². The topological polar surface area (TPSA) is 66.4 Å².